The van der Waals surface area contributed by atoms with Crippen LogP contribution in [0.3, 0.4) is 0 Å². The van der Waals surface area contributed by atoms with Crippen molar-refractivity contribution in [1.82, 2.24) is 4.90 Å². The van der Waals surface area contributed by atoms with E-state index in [1.807, 2.05) is 0 Å². The lowest BCUT2D eigenvalue weighted by molar-refractivity contribution is 0.0807. The SMILES string of the molecule is CCN(CC)CC(O)CC(C)(C)C. The summed E-state index contributed by atoms with van der Waals surface area (Å²) in [6.45, 7) is 13.6. The summed E-state index contributed by atoms with van der Waals surface area (Å²) in [6.07, 6.45) is 0.698. The van der Waals surface area contributed by atoms with Gasteiger partial charge in [-0.05, 0) is 24.9 Å². The lowest BCUT2D eigenvalue weighted by Gasteiger charge is -2.26. The van der Waals surface area contributed by atoms with Crippen LogP contribution < -0.4 is 0 Å². The third-order valence-electron chi connectivity index (χ3n) is 2.21. The highest BCUT2D eigenvalue weighted by molar-refractivity contribution is 4.70. The quantitative estimate of drug-likeness (QED) is 0.712. The minimum Gasteiger partial charge on any atom is -0.392 e. The highest BCUT2D eigenvalue weighted by Gasteiger charge is 2.17. The first-order chi connectivity index (χ1) is 5.89. The maximum absolute atomic E-state index is 9.78. The number of aliphatic hydroxyl groups is 1. The van der Waals surface area contributed by atoms with Crippen LogP contribution in [0.15, 0.2) is 0 Å². The maximum atomic E-state index is 9.78. The zero-order valence-electron chi connectivity index (χ0n) is 9.80. The smallest absolute Gasteiger partial charge is 0.0672 e. The van der Waals surface area contributed by atoms with E-state index in [9.17, 15) is 5.11 Å². The summed E-state index contributed by atoms with van der Waals surface area (Å²) >= 11 is 0. The third-order valence-corrected chi connectivity index (χ3v) is 2.21. The van der Waals surface area contributed by atoms with Gasteiger partial charge in [-0.25, -0.2) is 0 Å². The zero-order chi connectivity index (χ0) is 10.5. The number of rotatable bonds is 5. The molecule has 0 bridgehead atoms. The van der Waals surface area contributed by atoms with Crippen LogP contribution in [0.1, 0.15) is 41.0 Å². The summed E-state index contributed by atoms with van der Waals surface area (Å²) in [5.41, 5.74) is 0.229. The summed E-state index contributed by atoms with van der Waals surface area (Å²) in [6, 6.07) is 0. The molecule has 0 aromatic carbocycles. The van der Waals surface area contributed by atoms with Gasteiger partial charge in [0.1, 0.15) is 0 Å². The van der Waals surface area contributed by atoms with Crippen LogP contribution in [0.5, 0.6) is 0 Å². The fourth-order valence-corrected chi connectivity index (χ4v) is 1.55. The molecule has 0 heterocycles. The Morgan fingerprint density at radius 1 is 1.15 bits per heavy atom. The molecule has 0 aliphatic rings. The Labute approximate surface area is 82.9 Å². The lowest BCUT2D eigenvalue weighted by atomic mass is 9.89. The highest BCUT2D eigenvalue weighted by atomic mass is 16.3. The second-order valence-electron chi connectivity index (χ2n) is 4.90. The summed E-state index contributed by atoms with van der Waals surface area (Å²) in [5.74, 6) is 0. The molecule has 1 N–H and O–H groups in total. The first-order valence-electron chi connectivity index (χ1n) is 5.29. The van der Waals surface area contributed by atoms with Gasteiger partial charge in [0.05, 0.1) is 6.10 Å². The van der Waals surface area contributed by atoms with Gasteiger partial charge in [-0.3, -0.25) is 0 Å². The highest BCUT2D eigenvalue weighted by Crippen LogP contribution is 2.20. The molecule has 80 valence electrons. The number of hydrogen-bond donors (Lipinski definition) is 1. The van der Waals surface area contributed by atoms with Crippen LogP contribution >= 0.6 is 0 Å². The molecule has 0 amide bonds. The standard InChI is InChI=1S/C11H25NO/c1-6-12(7-2)9-10(13)8-11(3,4)5/h10,13H,6-9H2,1-5H3. The summed E-state index contributed by atoms with van der Waals surface area (Å²) < 4.78 is 0. The largest absolute Gasteiger partial charge is 0.392 e. The second-order valence-corrected chi connectivity index (χ2v) is 4.90. The van der Waals surface area contributed by atoms with Gasteiger partial charge in [-0.2, -0.15) is 0 Å². The summed E-state index contributed by atoms with van der Waals surface area (Å²) in [4.78, 5) is 2.26. The predicted molar refractivity (Wildman–Crippen MR) is 57.9 cm³/mol. The van der Waals surface area contributed by atoms with Gasteiger partial charge in [0.15, 0.2) is 0 Å². The molecule has 0 fully saturated rings. The molecule has 2 nitrogen and oxygen atoms in total. The minimum absolute atomic E-state index is 0.181. The molecular formula is C11H25NO. The monoisotopic (exact) mass is 187 g/mol. The van der Waals surface area contributed by atoms with Crippen molar-refractivity contribution < 1.29 is 5.11 Å². The van der Waals surface area contributed by atoms with Crippen LogP contribution in [-0.4, -0.2) is 35.7 Å². The molecule has 1 unspecified atom stereocenters. The molecule has 0 rings (SSSR count). The van der Waals surface area contributed by atoms with Crippen molar-refractivity contribution in [3.8, 4) is 0 Å². The molecular weight excluding hydrogens is 162 g/mol. The molecule has 13 heavy (non-hydrogen) atoms. The lowest BCUT2D eigenvalue weighted by Crippen LogP contribution is -2.34. The van der Waals surface area contributed by atoms with Gasteiger partial charge < -0.3 is 10.0 Å². The molecule has 0 saturated carbocycles. The van der Waals surface area contributed by atoms with Crippen LogP contribution in [0.25, 0.3) is 0 Å². The molecule has 0 aromatic heterocycles. The minimum atomic E-state index is -0.181. The van der Waals surface area contributed by atoms with Crippen LogP contribution in [0, 0.1) is 5.41 Å². The van der Waals surface area contributed by atoms with Crippen molar-refractivity contribution >= 4 is 0 Å². The zero-order valence-corrected chi connectivity index (χ0v) is 9.80. The third kappa shape index (κ3) is 7.03. The average Bonchev–Trinajstić information content (AvgIpc) is 1.96. The van der Waals surface area contributed by atoms with Crippen molar-refractivity contribution in [3.63, 3.8) is 0 Å². The van der Waals surface area contributed by atoms with Crippen molar-refractivity contribution in [3.05, 3.63) is 0 Å². The maximum Gasteiger partial charge on any atom is 0.0672 e. The van der Waals surface area contributed by atoms with Crippen molar-refractivity contribution in [1.29, 1.82) is 0 Å². The van der Waals surface area contributed by atoms with E-state index in [0.717, 1.165) is 26.1 Å². The van der Waals surface area contributed by atoms with E-state index < -0.39 is 0 Å². The number of hydrogen-bond acceptors (Lipinski definition) is 2. The van der Waals surface area contributed by atoms with Crippen molar-refractivity contribution in [2.75, 3.05) is 19.6 Å². The van der Waals surface area contributed by atoms with Gasteiger partial charge in [0.25, 0.3) is 0 Å². The van der Waals surface area contributed by atoms with Gasteiger partial charge in [-0.15, -0.1) is 0 Å². The molecule has 0 aliphatic heterocycles. The van der Waals surface area contributed by atoms with E-state index >= 15 is 0 Å². The molecule has 2 heteroatoms. The van der Waals surface area contributed by atoms with Crippen molar-refractivity contribution in [2.24, 2.45) is 5.41 Å². The average molecular weight is 187 g/mol. The van der Waals surface area contributed by atoms with Crippen molar-refractivity contribution in [2.45, 2.75) is 47.1 Å². The number of nitrogens with zero attached hydrogens (tertiary/aromatic N) is 1. The van der Waals surface area contributed by atoms with Gasteiger partial charge in [0.2, 0.25) is 0 Å². The Balaban J connectivity index is 3.79. The first-order valence-corrected chi connectivity index (χ1v) is 5.29. The Morgan fingerprint density at radius 2 is 1.62 bits per heavy atom. The Bertz CT molecular complexity index is 125. The van der Waals surface area contributed by atoms with E-state index in [0.29, 0.717) is 0 Å². The van der Waals surface area contributed by atoms with Gasteiger partial charge in [-0.1, -0.05) is 34.6 Å². The molecule has 0 aliphatic carbocycles. The Morgan fingerprint density at radius 3 is 1.92 bits per heavy atom. The van der Waals surface area contributed by atoms with E-state index in [1.54, 1.807) is 0 Å². The van der Waals surface area contributed by atoms with Crippen LogP contribution in [0.2, 0.25) is 0 Å². The van der Waals surface area contributed by atoms with E-state index in [-0.39, 0.29) is 11.5 Å². The fraction of sp³-hybridized carbons (Fsp3) is 1.00. The predicted octanol–water partition coefficient (Wildman–Crippen LogP) is 2.13. The molecule has 1 atom stereocenters. The summed E-state index contributed by atoms with van der Waals surface area (Å²) in [5, 5.41) is 9.78. The summed E-state index contributed by atoms with van der Waals surface area (Å²) in [7, 11) is 0. The van der Waals surface area contributed by atoms with E-state index in [4.69, 9.17) is 0 Å². The molecule has 0 spiro atoms. The van der Waals surface area contributed by atoms with Gasteiger partial charge in [0, 0.05) is 6.54 Å². The molecule has 0 radical (unpaired) electrons. The second kappa shape index (κ2) is 5.61. The Kier molecular flexibility index (Phi) is 5.57. The van der Waals surface area contributed by atoms with E-state index in [1.165, 1.54) is 0 Å². The van der Waals surface area contributed by atoms with Crippen LogP contribution in [-0.2, 0) is 0 Å². The number of aliphatic hydroxyl groups excluding tert-OH is 1. The van der Waals surface area contributed by atoms with Gasteiger partial charge >= 0.3 is 0 Å². The Hall–Kier alpha value is -0.0800. The first kappa shape index (κ1) is 12.9. The normalized spacial score (nSPS) is 15.0. The number of likely N-dealkylation sites (N-methyl/N-ethyl adjacent to an activating group) is 1. The topological polar surface area (TPSA) is 23.5 Å². The fourth-order valence-electron chi connectivity index (χ4n) is 1.55. The van der Waals surface area contributed by atoms with Crippen LogP contribution in [0.4, 0.5) is 0 Å². The molecule has 0 aromatic rings. The molecule has 0 saturated heterocycles. The van der Waals surface area contributed by atoms with E-state index in [2.05, 4.69) is 39.5 Å².